The van der Waals surface area contributed by atoms with E-state index in [0.29, 0.717) is 4.47 Å². The Morgan fingerprint density at radius 1 is 1.24 bits per heavy atom. The fourth-order valence-electron chi connectivity index (χ4n) is 1.61. The minimum absolute atomic E-state index is 0.0168. The van der Waals surface area contributed by atoms with Crippen LogP contribution in [0.15, 0.2) is 28.9 Å². The highest BCUT2D eigenvalue weighted by atomic mass is 79.9. The van der Waals surface area contributed by atoms with Crippen molar-refractivity contribution in [2.75, 3.05) is 0 Å². The van der Waals surface area contributed by atoms with E-state index >= 15 is 0 Å². The predicted molar refractivity (Wildman–Crippen MR) is 77.9 cm³/mol. The molecule has 112 valence electrons. The third-order valence-corrected chi connectivity index (χ3v) is 4.21. The molecule has 2 aromatic rings. The zero-order valence-electron chi connectivity index (χ0n) is 11.1. The number of pyridine rings is 1. The van der Waals surface area contributed by atoms with Gasteiger partial charge in [0.25, 0.3) is 0 Å². The van der Waals surface area contributed by atoms with Crippen LogP contribution in [0.3, 0.4) is 0 Å². The number of hydrogen-bond acceptors (Lipinski definition) is 2. The molecule has 0 aliphatic rings. The molecular formula is C14H10BrClF3NO. The molecular weight excluding hydrogens is 371 g/mol. The Hall–Kier alpha value is -1.27. The molecule has 2 nitrogen and oxygen atoms in total. The number of aromatic nitrogens is 1. The second-order valence-electron chi connectivity index (χ2n) is 4.43. The van der Waals surface area contributed by atoms with Gasteiger partial charge >= 0.3 is 6.18 Å². The van der Waals surface area contributed by atoms with E-state index < -0.39 is 11.7 Å². The molecule has 0 bridgehead atoms. The van der Waals surface area contributed by atoms with Gasteiger partial charge in [0.2, 0.25) is 5.88 Å². The molecule has 0 unspecified atom stereocenters. The van der Waals surface area contributed by atoms with E-state index in [1.54, 1.807) is 6.20 Å². The van der Waals surface area contributed by atoms with Crippen LogP contribution in [0.2, 0.25) is 5.02 Å². The van der Waals surface area contributed by atoms with Gasteiger partial charge in [-0.25, -0.2) is 4.98 Å². The van der Waals surface area contributed by atoms with Crippen molar-refractivity contribution in [1.82, 2.24) is 4.98 Å². The van der Waals surface area contributed by atoms with Gasteiger partial charge in [0.15, 0.2) is 0 Å². The summed E-state index contributed by atoms with van der Waals surface area (Å²) in [4.78, 5) is 4.06. The van der Waals surface area contributed by atoms with Crippen LogP contribution >= 0.6 is 27.5 Å². The number of alkyl halides is 3. The van der Waals surface area contributed by atoms with Gasteiger partial charge in [0.1, 0.15) is 5.75 Å². The van der Waals surface area contributed by atoms with Gasteiger partial charge in [-0.05, 0) is 59.1 Å². The summed E-state index contributed by atoms with van der Waals surface area (Å²) < 4.78 is 44.4. The van der Waals surface area contributed by atoms with E-state index in [2.05, 4.69) is 20.9 Å². The average molecular weight is 381 g/mol. The first kappa shape index (κ1) is 16.1. The Balaban J connectivity index is 2.39. The van der Waals surface area contributed by atoms with E-state index in [-0.39, 0.29) is 16.7 Å². The van der Waals surface area contributed by atoms with Crippen LogP contribution in [0, 0.1) is 13.8 Å². The highest BCUT2D eigenvalue weighted by Gasteiger charge is 2.33. The SMILES string of the molecule is Cc1cnc(Oc2ccc(Cl)c(C(F)(F)F)c2)c(Br)c1C. The number of benzene rings is 1. The first-order valence-corrected chi connectivity index (χ1v) is 7.03. The lowest BCUT2D eigenvalue weighted by Gasteiger charge is -2.13. The van der Waals surface area contributed by atoms with Crippen LogP contribution < -0.4 is 4.74 Å². The predicted octanol–water partition coefficient (Wildman–Crippen LogP) is 5.93. The zero-order chi connectivity index (χ0) is 15.8. The summed E-state index contributed by atoms with van der Waals surface area (Å²) in [6, 6.07) is 3.36. The summed E-state index contributed by atoms with van der Waals surface area (Å²) >= 11 is 8.89. The lowest BCUT2D eigenvalue weighted by Crippen LogP contribution is -2.06. The minimum Gasteiger partial charge on any atom is -0.438 e. The van der Waals surface area contributed by atoms with Gasteiger partial charge in [-0.3, -0.25) is 0 Å². The fraction of sp³-hybridized carbons (Fsp3) is 0.214. The zero-order valence-corrected chi connectivity index (χ0v) is 13.4. The largest absolute Gasteiger partial charge is 0.438 e. The number of ether oxygens (including phenoxy) is 1. The van der Waals surface area contributed by atoms with E-state index in [9.17, 15) is 13.2 Å². The van der Waals surface area contributed by atoms with Gasteiger partial charge in [-0.15, -0.1) is 0 Å². The highest BCUT2D eigenvalue weighted by molar-refractivity contribution is 9.10. The molecule has 0 spiro atoms. The average Bonchev–Trinajstić information content (AvgIpc) is 2.40. The molecule has 2 rings (SSSR count). The quantitative estimate of drug-likeness (QED) is 0.644. The third-order valence-electron chi connectivity index (χ3n) is 2.94. The number of rotatable bonds is 2. The lowest BCUT2D eigenvalue weighted by atomic mass is 10.2. The van der Waals surface area contributed by atoms with Crippen molar-refractivity contribution < 1.29 is 17.9 Å². The topological polar surface area (TPSA) is 22.1 Å². The summed E-state index contributed by atoms with van der Waals surface area (Å²) in [6.45, 7) is 3.73. The van der Waals surface area contributed by atoms with Gasteiger partial charge in [-0.1, -0.05) is 11.6 Å². The molecule has 1 aromatic heterocycles. The maximum absolute atomic E-state index is 12.8. The molecule has 7 heteroatoms. The van der Waals surface area contributed by atoms with E-state index in [0.717, 1.165) is 23.3 Å². The number of halogens is 5. The van der Waals surface area contributed by atoms with Crippen molar-refractivity contribution in [2.45, 2.75) is 20.0 Å². The van der Waals surface area contributed by atoms with Gasteiger partial charge < -0.3 is 4.74 Å². The van der Waals surface area contributed by atoms with Crippen molar-refractivity contribution in [2.24, 2.45) is 0 Å². The molecule has 0 aliphatic carbocycles. The summed E-state index contributed by atoms with van der Waals surface area (Å²) in [5.41, 5.74) is 0.910. The Morgan fingerprint density at radius 3 is 2.52 bits per heavy atom. The lowest BCUT2D eigenvalue weighted by molar-refractivity contribution is -0.137. The Morgan fingerprint density at radius 2 is 1.90 bits per heavy atom. The molecule has 0 atom stereocenters. The van der Waals surface area contributed by atoms with Crippen molar-refractivity contribution in [3.05, 3.63) is 50.6 Å². The molecule has 1 aromatic carbocycles. The summed E-state index contributed by atoms with van der Waals surface area (Å²) in [5.74, 6) is 0.219. The first-order chi connectivity index (χ1) is 9.70. The third kappa shape index (κ3) is 3.49. The van der Waals surface area contributed by atoms with Crippen LogP contribution in [0.25, 0.3) is 0 Å². The molecule has 0 fully saturated rings. The van der Waals surface area contributed by atoms with Crippen molar-refractivity contribution in [3.63, 3.8) is 0 Å². The number of nitrogens with zero attached hydrogens (tertiary/aromatic N) is 1. The van der Waals surface area contributed by atoms with Crippen LogP contribution in [0.1, 0.15) is 16.7 Å². The van der Waals surface area contributed by atoms with E-state index in [1.165, 1.54) is 6.07 Å². The number of aryl methyl sites for hydroxylation is 1. The molecule has 0 saturated carbocycles. The highest BCUT2D eigenvalue weighted by Crippen LogP contribution is 2.38. The van der Waals surface area contributed by atoms with E-state index in [4.69, 9.17) is 16.3 Å². The van der Waals surface area contributed by atoms with Crippen molar-refractivity contribution in [1.29, 1.82) is 0 Å². The maximum Gasteiger partial charge on any atom is 0.417 e. The molecule has 0 N–H and O–H groups in total. The smallest absolute Gasteiger partial charge is 0.417 e. The summed E-state index contributed by atoms with van der Waals surface area (Å²) in [6.07, 6.45) is -2.94. The summed E-state index contributed by atoms with van der Waals surface area (Å²) in [7, 11) is 0. The second-order valence-corrected chi connectivity index (χ2v) is 5.63. The Bertz CT molecular complexity index is 689. The molecule has 1 heterocycles. The van der Waals surface area contributed by atoms with Gasteiger partial charge in [-0.2, -0.15) is 13.2 Å². The summed E-state index contributed by atoms with van der Waals surface area (Å²) in [5, 5.41) is -0.373. The molecule has 0 saturated heterocycles. The standard InChI is InChI=1S/C14H10BrClF3NO/c1-7-6-20-13(12(15)8(7)2)21-9-3-4-11(16)10(5-9)14(17,18)19/h3-6H,1-2H3. The fourth-order valence-corrected chi connectivity index (χ4v) is 2.33. The van der Waals surface area contributed by atoms with Crippen LogP contribution in [-0.4, -0.2) is 4.98 Å². The molecule has 0 aliphatic heterocycles. The van der Waals surface area contributed by atoms with Crippen molar-refractivity contribution in [3.8, 4) is 11.6 Å². The minimum atomic E-state index is -4.54. The van der Waals surface area contributed by atoms with E-state index in [1.807, 2.05) is 13.8 Å². The van der Waals surface area contributed by atoms with Crippen LogP contribution in [-0.2, 0) is 6.18 Å². The van der Waals surface area contributed by atoms with Gasteiger partial charge in [0.05, 0.1) is 15.1 Å². The Labute approximate surface area is 133 Å². The van der Waals surface area contributed by atoms with Crippen LogP contribution in [0.4, 0.5) is 13.2 Å². The second kappa shape index (κ2) is 5.85. The normalized spacial score (nSPS) is 11.6. The number of hydrogen-bond donors (Lipinski definition) is 0. The maximum atomic E-state index is 12.8. The monoisotopic (exact) mass is 379 g/mol. The van der Waals surface area contributed by atoms with Crippen molar-refractivity contribution >= 4 is 27.5 Å². The molecule has 0 amide bonds. The van der Waals surface area contributed by atoms with Crippen LogP contribution in [0.5, 0.6) is 11.6 Å². The first-order valence-electron chi connectivity index (χ1n) is 5.86. The van der Waals surface area contributed by atoms with Gasteiger partial charge in [0, 0.05) is 6.20 Å². The Kier molecular flexibility index (Phi) is 4.49. The molecule has 21 heavy (non-hydrogen) atoms. The molecule has 0 radical (unpaired) electrons.